The summed E-state index contributed by atoms with van der Waals surface area (Å²) in [6.45, 7) is 1.57. The average Bonchev–Trinajstić information content (AvgIpc) is 2.90. The fourth-order valence-electron chi connectivity index (χ4n) is 1.60. The van der Waals surface area contributed by atoms with Gasteiger partial charge in [-0.25, -0.2) is 5.32 Å². The number of Topliss-reactive ketones (excluding diaryl/α,β-unsaturated/α-hetero) is 1. The summed E-state index contributed by atoms with van der Waals surface area (Å²) in [6.07, 6.45) is 0. The van der Waals surface area contributed by atoms with Gasteiger partial charge in [-0.2, -0.15) is 0 Å². The Bertz CT molecular complexity index is 556. The van der Waals surface area contributed by atoms with Crippen LogP contribution in [0.25, 0.3) is 0 Å². The summed E-state index contributed by atoms with van der Waals surface area (Å²) in [5.74, 6) is 1.04. The zero-order valence-corrected chi connectivity index (χ0v) is 11.2. The van der Waals surface area contributed by atoms with Crippen LogP contribution < -0.4 is 10.3 Å². The highest BCUT2D eigenvalue weighted by Crippen LogP contribution is 2.13. The third-order valence-corrected chi connectivity index (χ3v) is 3.47. The van der Waals surface area contributed by atoms with Crippen molar-refractivity contribution in [3.05, 3.63) is 52.2 Å². The smallest absolute Gasteiger partial charge is 0.290 e. The molecule has 18 heavy (non-hydrogen) atoms. The van der Waals surface area contributed by atoms with Gasteiger partial charge >= 0.3 is 0 Å². The van der Waals surface area contributed by atoms with Crippen LogP contribution >= 0.6 is 11.3 Å². The first-order valence-corrected chi connectivity index (χ1v) is 6.55. The van der Waals surface area contributed by atoms with Crippen LogP contribution in [0.2, 0.25) is 0 Å². The lowest BCUT2D eigenvalue weighted by molar-refractivity contribution is -0.418. The summed E-state index contributed by atoms with van der Waals surface area (Å²) in [6, 6.07) is 11.5. The fourth-order valence-corrected chi connectivity index (χ4v) is 2.33. The summed E-state index contributed by atoms with van der Waals surface area (Å²) in [5.41, 5.74) is 1.68. The van der Waals surface area contributed by atoms with Gasteiger partial charge in [0.1, 0.15) is 10.6 Å². The molecule has 0 saturated carbocycles. The number of carbonyl (C=O) groups excluding carboxylic acids is 1. The normalized spacial score (nSPS) is 11.3. The third-order valence-electron chi connectivity index (χ3n) is 2.58. The molecule has 2 rings (SSSR count). The molecule has 0 aliphatic carbocycles. The quantitative estimate of drug-likeness (QED) is 0.498. The topological polar surface area (TPSA) is 43.1 Å². The Morgan fingerprint density at radius 1 is 1.22 bits per heavy atom. The monoisotopic (exact) mass is 259 g/mol. The van der Waals surface area contributed by atoms with E-state index >= 15 is 0 Å². The van der Waals surface area contributed by atoms with E-state index in [4.69, 9.17) is 0 Å². The maximum atomic E-state index is 11.2. The highest BCUT2D eigenvalue weighted by atomic mass is 32.1. The van der Waals surface area contributed by atoms with Gasteiger partial charge < -0.3 is 0 Å². The van der Waals surface area contributed by atoms with E-state index in [1.807, 2.05) is 48.8 Å². The molecule has 0 aliphatic rings. The molecule has 0 bridgehead atoms. The second kappa shape index (κ2) is 5.60. The summed E-state index contributed by atoms with van der Waals surface area (Å²) >= 11 is 1.67. The molecule has 0 aliphatic heterocycles. The molecule has 4 heteroatoms. The van der Waals surface area contributed by atoms with E-state index in [-0.39, 0.29) is 5.78 Å². The highest BCUT2D eigenvalue weighted by Gasteiger charge is 2.11. The molecule has 2 aromatic rings. The van der Waals surface area contributed by atoms with Crippen molar-refractivity contribution in [2.75, 3.05) is 12.4 Å². The zero-order chi connectivity index (χ0) is 13.0. The lowest BCUT2D eigenvalue weighted by Crippen LogP contribution is -2.70. The van der Waals surface area contributed by atoms with Gasteiger partial charge in [-0.05, 0) is 42.6 Å². The number of benzene rings is 1. The summed E-state index contributed by atoms with van der Waals surface area (Å²) < 4.78 is 0. The molecular weight excluding hydrogens is 244 g/mol. The first-order valence-electron chi connectivity index (χ1n) is 5.67. The van der Waals surface area contributed by atoms with Gasteiger partial charge in [0.25, 0.3) is 5.84 Å². The van der Waals surface area contributed by atoms with Crippen LogP contribution in [0.1, 0.15) is 22.2 Å². The minimum absolute atomic E-state index is 0.0811. The number of nitrogens with one attached hydrogen (secondary N) is 2. The number of rotatable bonds is 3. The zero-order valence-electron chi connectivity index (χ0n) is 10.4. The maximum absolute atomic E-state index is 11.2. The molecule has 0 radical (unpaired) electrons. The van der Waals surface area contributed by atoms with Crippen molar-refractivity contribution < 1.29 is 9.79 Å². The van der Waals surface area contributed by atoms with Gasteiger partial charge in [-0.3, -0.25) is 9.79 Å². The van der Waals surface area contributed by atoms with Crippen LogP contribution in [0.3, 0.4) is 0 Å². The maximum Gasteiger partial charge on any atom is 0.290 e. The highest BCUT2D eigenvalue weighted by molar-refractivity contribution is 7.12. The molecular formula is C14H15N2OS+. The van der Waals surface area contributed by atoms with Gasteiger partial charge in [0.05, 0.1) is 7.05 Å². The van der Waals surface area contributed by atoms with Crippen molar-refractivity contribution in [1.82, 2.24) is 0 Å². The Labute approximate surface area is 110 Å². The SMILES string of the molecule is C[NH+]=C(Nc1ccc(C(C)=O)cc1)c1cccs1. The molecule has 1 aromatic carbocycles. The molecule has 0 unspecified atom stereocenters. The van der Waals surface area contributed by atoms with Crippen molar-refractivity contribution in [1.29, 1.82) is 0 Å². The predicted octanol–water partition coefficient (Wildman–Crippen LogP) is 1.52. The largest absolute Gasteiger partial charge is 0.295 e. The van der Waals surface area contributed by atoms with Crippen LogP contribution in [-0.4, -0.2) is 18.7 Å². The molecule has 3 nitrogen and oxygen atoms in total. The Morgan fingerprint density at radius 2 is 1.94 bits per heavy atom. The lowest BCUT2D eigenvalue weighted by atomic mass is 10.1. The van der Waals surface area contributed by atoms with Crippen LogP contribution in [0.5, 0.6) is 0 Å². The number of ketones is 1. The first kappa shape index (κ1) is 12.5. The third kappa shape index (κ3) is 2.84. The van der Waals surface area contributed by atoms with Gasteiger partial charge in [-0.1, -0.05) is 6.07 Å². The van der Waals surface area contributed by atoms with Crippen molar-refractivity contribution in [3.63, 3.8) is 0 Å². The van der Waals surface area contributed by atoms with E-state index in [0.29, 0.717) is 0 Å². The van der Waals surface area contributed by atoms with Crippen molar-refractivity contribution in [2.45, 2.75) is 6.92 Å². The van der Waals surface area contributed by atoms with E-state index in [2.05, 4.69) is 10.3 Å². The number of thiophene rings is 1. The van der Waals surface area contributed by atoms with Gasteiger partial charge in [0, 0.05) is 5.56 Å². The molecule has 1 heterocycles. The van der Waals surface area contributed by atoms with Gasteiger partial charge in [0.15, 0.2) is 5.78 Å². The van der Waals surface area contributed by atoms with E-state index in [1.54, 1.807) is 18.3 Å². The molecule has 1 aromatic heterocycles. The standard InChI is InChI=1S/C14H14N2OS/c1-10(17)11-5-7-12(8-6-11)16-14(15-2)13-4-3-9-18-13/h3-9H,1-2H3,(H,15,16)/p+1. The number of anilines is 1. The Balaban J connectivity index is 2.16. The molecule has 0 saturated heterocycles. The van der Waals surface area contributed by atoms with E-state index < -0.39 is 0 Å². The number of carbonyl (C=O) groups is 1. The van der Waals surface area contributed by atoms with Crippen LogP contribution in [0.4, 0.5) is 5.69 Å². The predicted molar refractivity (Wildman–Crippen MR) is 75.4 cm³/mol. The lowest BCUT2D eigenvalue weighted by Gasteiger charge is -2.01. The molecule has 0 atom stereocenters. The van der Waals surface area contributed by atoms with Crippen LogP contribution in [-0.2, 0) is 0 Å². The van der Waals surface area contributed by atoms with Crippen LogP contribution in [0.15, 0.2) is 41.8 Å². The van der Waals surface area contributed by atoms with Crippen molar-refractivity contribution >= 4 is 28.6 Å². The van der Waals surface area contributed by atoms with E-state index in [1.165, 1.54) is 0 Å². The first-order chi connectivity index (χ1) is 8.70. The Hall–Kier alpha value is -1.94. The summed E-state index contributed by atoms with van der Waals surface area (Å²) in [7, 11) is 1.88. The molecule has 92 valence electrons. The minimum Gasteiger partial charge on any atom is -0.295 e. The second-order valence-corrected chi connectivity index (χ2v) is 4.81. The van der Waals surface area contributed by atoms with Gasteiger partial charge in [-0.15, -0.1) is 11.3 Å². The Kier molecular flexibility index (Phi) is 3.89. The van der Waals surface area contributed by atoms with E-state index in [0.717, 1.165) is 22.0 Å². The average molecular weight is 259 g/mol. The van der Waals surface area contributed by atoms with Crippen LogP contribution in [0, 0.1) is 0 Å². The molecule has 0 spiro atoms. The number of hydrogen-bond donors (Lipinski definition) is 2. The summed E-state index contributed by atoms with van der Waals surface area (Å²) in [5, 5.41) is 5.34. The van der Waals surface area contributed by atoms with E-state index in [9.17, 15) is 4.79 Å². The fraction of sp³-hybridized carbons (Fsp3) is 0.143. The number of hydrogen-bond acceptors (Lipinski definition) is 2. The number of amidine groups is 1. The Morgan fingerprint density at radius 3 is 2.44 bits per heavy atom. The minimum atomic E-state index is 0.0811. The second-order valence-electron chi connectivity index (χ2n) is 3.86. The molecule has 0 amide bonds. The van der Waals surface area contributed by atoms with Gasteiger partial charge in [0.2, 0.25) is 0 Å². The molecule has 0 fully saturated rings. The van der Waals surface area contributed by atoms with Crippen molar-refractivity contribution in [3.8, 4) is 0 Å². The summed E-state index contributed by atoms with van der Waals surface area (Å²) in [4.78, 5) is 15.5. The van der Waals surface area contributed by atoms with Crippen molar-refractivity contribution in [2.24, 2.45) is 0 Å². The molecule has 2 N–H and O–H groups in total.